The van der Waals surface area contributed by atoms with Crippen LogP contribution < -0.4 is 10.1 Å². The van der Waals surface area contributed by atoms with Gasteiger partial charge in [0.05, 0.1) is 6.61 Å². The van der Waals surface area contributed by atoms with E-state index >= 15 is 0 Å². The van der Waals surface area contributed by atoms with Crippen LogP contribution in [0.5, 0.6) is 5.75 Å². The van der Waals surface area contributed by atoms with E-state index in [2.05, 4.69) is 43.4 Å². The van der Waals surface area contributed by atoms with Crippen LogP contribution in [-0.2, 0) is 0 Å². The first-order chi connectivity index (χ1) is 9.86. The fourth-order valence-electron chi connectivity index (χ4n) is 3.18. The number of para-hydroxylation sites is 1. The summed E-state index contributed by atoms with van der Waals surface area (Å²) in [5.74, 6) is 1.71. The molecule has 2 heteroatoms. The topological polar surface area (TPSA) is 21.3 Å². The lowest BCUT2D eigenvalue weighted by Gasteiger charge is -2.33. The molecule has 1 aromatic carbocycles. The van der Waals surface area contributed by atoms with Gasteiger partial charge in [-0.2, -0.15) is 0 Å². The molecule has 0 radical (unpaired) electrons. The van der Waals surface area contributed by atoms with E-state index in [-0.39, 0.29) is 0 Å². The summed E-state index contributed by atoms with van der Waals surface area (Å²) in [7, 11) is 0. The fraction of sp³-hybridized carbons (Fsp3) is 0.667. The van der Waals surface area contributed by atoms with Crippen molar-refractivity contribution in [2.45, 2.75) is 64.3 Å². The maximum absolute atomic E-state index is 5.81. The summed E-state index contributed by atoms with van der Waals surface area (Å²) >= 11 is 0. The Kier molecular flexibility index (Phi) is 6.38. The van der Waals surface area contributed by atoms with Gasteiger partial charge in [0.1, 0.15) is 5.75 Å². The average Bonchev–Trinajstić information content (AvgIpc) is 2.50. The van der Waals surface area contributed by atoms with Crippen LogP contribution in [0.25, 0.3) is 0 Å². The highest BCUT2D eigenvalue weighted by Gasteiger charge is 2.27. The molecule has 0 spiro atoms. The van der Waals surface area contributed by atoms with Gasteiger partial charge in [-0.3, -0.25) is 0 Å². The van der Waals surface area contributed by atoms with Crippen LogP contribution in [0.2, 0.25) is 0 Å². The van der Waals surface area contributed by atoms with E-state index < -0.39 is 0 Å². The van der Waals surface area contributed by atoms with Gasteiger partial charge in [-0.05, 0) is 37.4 Å². The van der Waals surface area contributed by atoms with Crippen molar-refractivity contribution >= 4 is 0 Å². The largest absolute Gasteiger partial charge is 0.493 e. The van der Waals surface area contributed by atoms with Crippen molar-refractivity contribution in [3.8, 4) is 5.75 Å². The predicted octanol–water partition coefficient (Wildman–Crippen LogP) is 4.50. The molecule has 0 fully saturated rings. The highest BCUT2D eigenvalue weighted by Crippen LogP contribution is 2.36. The number of fused-ring (bicyclic) bond motifs is 1. The normalized spacial score (nSPS) is 19.2. The van der Waals surface area contributed by atoms with Gasteiger partial charge in [0, 0.05) is 12.0 Å². The molecule has 1 N–H and O–H groups in total. The standard InChI is InChI=1S/C18H29NO/c1-3-5-6-10-17(19-13-4-2)15-12-14-20-18-11-8-7-9-16(15)18/h7-9,11,15,17,19H,3-6,10,12-14H2,1-2H3. The van der Waals surface area contributed by atoms with Crippen LogP contribution in [-0.4, -0.2) is 19.2 Å². The molecule has 20 heavy (non-hydrogen) atoms. The third kappa shape index (κ3) is 3.99. The smallest absolute Gasteiger partial charge is 0.122 e. The molecule has 0 saturated carbocycles. The van der Waals surface area contributed by atoms with Crippen molar-refractivity contribution in [2.24, 2.45) is 0 Å². The molecule has 0 aromatic heterocycles. The van der Waals surface area contributed by atoms with E-state index in [1.807, 2.05) is 0 Å². The van der Waals surface area contributed by atoms with Crippen LogP contribution in [0.1, 0.15) is 63.9 Å². The average molecular weight is 275 g/mol. The molecule has 0 saturated heterocycles. The number of unbranched alkanes of at least 4 members (excludes halogenated alkanes) is 2. The highest BCUT2D eigenvalue weighted by atomic mass is 16.5. The maximum Gasteiger partial charge on any atom is 0.122 e. The van der Waals surface area contributed by atoms with Crippen LogP contribution in [0, 0.1) is 0 Å². The first-order valence-corrected chi connectivity index (χ1v) is 8.32. The summed E-state index contributed by atoms with van der Waals surface area (Å²) in [6.07, 6.45) is 7.60. The summed E-state index contributed by atoms with van der Waals surface area (Å²) < 4.78 is 5.81. The van der Waals surface area contributed by atoms with E-state index in [0.29, 0.717) is 12.0 Å². The van der Waals surface area contributed by atoms with Crippen molar-refractivity contribution in [1.29, 1.82) is 0 Å². The summed E-state index contributed by atoms with van der Waals surface area (Å²) in [4.78, 5) is 0. The monoisotopic (exact) mass is 275 g/mol. The summed E-state index contributed by atoms with van der Waals surface area (Å²) in [6.45, 7) is 6.50. The molecular weight excluding hydrogens is 246 g/mol. The number of rotatable bonds is 8. The predicted molar refractivity (Wildman–Crippen MR) is 85.5 cm³/mol. The van der Waals surface area contributed by atoms with Crippen LogP contribution >= 0.6 is 0 Å². The second-order valence-corrected chi connectivity index (χ2v) is 5.84. The van der Waals surface area contributed by atoms with Gasteiger partial charge in [-0.15, -0.1) is 0 Å². The Hall–Kier alpha value is -1.02. The fourth-order valence-corrected chi connectivity index (χ4v) is 3.18. The Morgan fingerprint density at radius 1 is 1.20 bits per heavy atom. The summed E-state index contributed by atoms with van der Waals surface area (Å²) in [6, 6.07) is 9.19. The number of ether oxygens (including phenoxy) is 1. The SMILES string of the molecule is CCCCCC(NCCC)C1CCOc2ccccc21. The first-order valence-electron chi connectivity index (χ1n) is 8.32. The van der Waals surface area contributed by atoms with Crippen LogP contribution in [0.15, 0.2) is 24.3 Å². The minimum absolute atomic E-state index is 0.603. The van der Waals surface area contributed by atoms with E-state index in [1.54, 1.807) is 0 Å². The molecule has 2 rings (SSSR count). The Labute approximate surface area is 123 Å². The molecule has 0 amide bonds. The van der Waals surface area contributed by atoms with Crippen LogP contribution in [0.3, 0.4) is 0 Å². The molecule has 2 atom stereocenters. The van der Waals surface area contributed by atoms with Gasteiger partial charge in [0.15, 0.2) is 0 Å². The van der Waals surface area contributed by atoms with Crippen molar-refractivity contribution < 1.29 is 4.74 Å². The van der Waals surface area contributed by atoms with Gasteiger partial charge < -0.3 is 10.1 Å². The lowest BCUT2D eigenvalue weighted by atomic mass is 9.84. The van der Waals surface area contributed by atoms with Crippen LogP contribution in [0.4, 0.5) is 0 Å². The second-order valence-electron chi connectivity index (χ2n) is 5.84. The van der Waals surface area contributed by atoms with Crippen molar-refractivity contribution in [3.63, 3.8) is 0 Å². The van der Waals surface area contributed by atoms with Crippen molar-refractivity contribution in [3.05, 3.63) is 29.8 Å². The Morgan fingerprint density at radius 3 is 2.85 bits per heavy atom. The molecule has 2 unspecified atom stereocenters. The zero-order valence-electron chi connectivity index (χ0n) is 13.0. The quantitative estimate of drug-likeness (QED) is 0.705. The zero-order valence-corrected chi connectivity index (χ0v) is 13.0. The Balaban J connectivity index is 2.07. The molecule has 0 bridgehead atoms. The lowest BCUT2D eigenvalue weighted by molar-refractivity contribution is 0.240. The van der Waals surface area contributed by atoms with E-state index in [9.17, 15) is 0 Å². The summed E-state index contributed by atoms with van der Waals surface area (Å²) in [5, 5.41) is 3.78. The minimum Gasteiger partial charge on any atom is -0.493 e. The molecule has 2 nitrogen and oxygen atoms in total. The Bertz CT molecular complexity index is 391. The number of nitrogens with one attached hydrogen (secondary N) is 1. The number of benzene rings is 1. The van der Waals surface area contributed by atoms with E-state index in [0.717, 1.165) is 25.3 Å². The van der Waals surface area contributed by atoms with Crippen molar-refractivity contribution in [2.75, 3.05) is 13.2 Å². The van der Waals surface area contributed by atoms with Gasteiger partial charge in [0.25, 0.3) is 0 Å². The Morgan fingerprint density at radius 2 is 2.05 bits per heavy atom. The van der Waals surface area contributed by atoms with Crippen molar-refractivity contribution in [1.82, 2.24) is 5.32 Å². The van der Waals surface area contributed by atoms with E-state index in [4.69, 9.17) is 4.74 Å². The van der Waals surface area contributed by atoms with Gasteiger partial charge in [0.2, 0.25) is 0 Å². The van der Waals surface area contributed by atoms with Gasteiger partial charge >= 0.3 is 0 Å². The third-order valence-electron chi connectivity index (χ3n) is 4.27. The minimum atomic E-state index is 0.603. The molecule has 0 aliphatic carbocycles. The molecule has 1 aromatic rings. The second kappa shape index (κ2) is 8.31. The highest BCUT2D eigenvalue weighted by molar-refractivity contribution is 5.38. The summed E-state index contributed by atoms with van der Waals surface area (Å²) in [5.41, 5.74) is 1.41. The van der Waals surface area contributed by atoms with Gasteiger partial charge in [-0.1, -0.05) is 51.3 Å². The maximum atomic E-state index is 5.81. The third-order valence-corrected chi connectivity index (χ3v) is 4.27. The number of hydrogen-bond acceptors (Lipinski definition) is 2. The molecule has 1 aliphatic rings. The lowest BCUT2D eigenvalue weighted by Crippen LogP contribution is -2.37. The van der Waals surface area contributed by atoms with Gasteiger partial charge in [-0.25, -0.2) is 0 Å². The zero-order chi connectivity index (χ0) is 14.2. The molecule has 112 valence electrons. The molecular formula is C18H29NO. The first kappa shape index (κ1) is 15.4. The molecule has 1 heterocycles. The molecule has 1 aliphatic heterocycles. The van der Waals surface area contributed by atoms with E-state index in [1.165, 1.54) is 37.7 Å². The number of hydrogen-bond donors (Lipinski definition) is 1.